The maximum Gasteiger partial charge on any atom is 0.259 e. The lowest BCUT2D eigenvalue weighted by atomic mass is 9.83. The zero-order chi connectivity index (χ0) is 24.5. The molecule has 6 nitrogen and oxygen atoms in total. The molecule has 2 aliphatic rings. The van der Waals surface area contributed by atoms with Crippen LogP contribution < -0.4 is 5.32 Å². The Kier molecular flexibility index (Phi) is 4.80. The molecule has 2 amide bonds. The van der Waals surface area contributed by atoms with Gasteiger partial charge in [0.1, 0.15) is 0 Å². The Morgan fingerprint density at radius 1 is 0.971 bits per heavy atom. The zero-order valence-corrected chi connectivity index (χ0v) is 20.8. The van der Waals surface area contributed by atoms with Crippen molar-refractivity contribution >= 4 is 39.4 Å². The molecule has 0 radical (unpaired) electrons. The molecular formula is C29H31N4O2+. The molecule has 1 unspecified atom stereocenters. The van der Waals surface area contributed by atoms with E-state index in [2.05, 4.69) is 43.1 Å². The number of carbonyl (C=O) groups excluding carboxylic acids is 2. The summed E-state index contributed by atoms with van der Waals surface area (Å²) >= 11 is 0. The van der Waals surface area contributed by atoms with Gasteiger partial charge < -0.3 is 13.5 Å². The first kappa shape index (κ1) is 21.9. The number of aryl methyl sites for hydroxylation is 2. The molecule has 178 valence electrons. The maximum absolute atomic E-state index is 13.4. The van der Waals surface area contributed by atoms with Gasteiger partial charge in [-0.05, 0) is 43.0 Å². The first-order chi connectivity index (χ1) is 16.7. The quantitative estimate of drug-likeness (QED) is 0.367. The highest BCUT2D eigenvalue weighted by Crippen LogP contribution is 2.42. The van der Waals surface area contributed by atoms with Gasteiger partial charge in [0, 0.05) is 53.1 Å². The van der Waals surface area contributed by atoms with E-state index < -0.39 is 0 Å². The molecule has 0 saturated heterocycles. The van der Waals surface area contributed by atoms with Gasteiger partial charge >= 0.3 is 0 Å². The Bertz CT molecular complexity index is 1560. The topological polar surface area (TPSA) is 55.5 Å². The summed E-state index contributed by atoms with van der Waals surface area (Å²) in [6, 6.07) is 14.2. The Labute approximate surface area is 205 Å². The Hall–Kier alpha value is -3.64. The molecule has 0 saturated carbocycles. The fourth-order valence-electron chi connectivity index (χ4n) is 6.25. The van der Waals surface area contributed by atoms with Crippen LogP contribution in [0.5, 0.6) is 0 Å². The number of hydrogen-bond acceptors (Lipinski definition) is 2. The number of rotatable bonds is 4. The normalized spacial score (nSPS) is 18.6. The molecule has 3 aromatic heterocycles. The molecule has 4 heterocycles. The number of hydrogen-bond donors (Lipinski definition) is 1. The van der Waals surface area contributed by atoms with E-state index in [9.17, 15) is 9.59 Å². The monoisotopic (exact) mass is 467 g/mol. The SMILES string of the molecule is Cn1cc(C2=C(c3c4c(n5ccccc35)CCC(C[N+](C)(C)C)C4)C(=O)NC2=O)c2ccccc21. The number of carbonyl (C=O) groups is 2. The average molecular weight is 468 g/mol. The third-order valence-electron chi connectivity index (χ3n) is 7.49. The summed E-state index contributed by atoms with van der Waals surface area (Å²) in [7, 11) is 8.68. The first-order valence-corrected chi connectivity index (χ1v) is 12.3. The third-order valence-corrected chi connectivity index (χ3v) is 7.49. The Morgan fingerprint density at radius 2 is 1.69 bits per heavy atom. The molecule has 1 N–H and O–H groups in total. The third kappa shape index (κ3) is 3.43. The number of aromatic nitrogens is 2. The lowest BCUT2D eigenvalue weighted by Crippen LogP contribution is -2.40. The number of nitrogens with zero attached hydrogens (tertiary/aromatic N) is 3. The van der Waals surface area contributed by atoms with E-state index in [-0.39, 0.29) is 11.8 Å². The highest BCUT2D eigenvalue weighted by Gasteiger charge is 2.38. The first-order valence-electron chi connectivity index (χ1n) is 12.3. The molecule has 1 aromatic carbocycles. The number of imide groups is 1. The van der Waals surface area contributed by atoms with Crippen molar-refractivity contribution < 1.29 is 14.1 Å². The molecule has 35 heavy (non-hydrogen) atoms. The minimum atomic E-state index is -0.316. The van der Waals surface area contributed by atoms with Gasteiger partial charge in [0.25, 0.3) is 11.8 Å². The van der Waals surface area contributed by atoms with E-state index in [1.54, 1.807) is 0 Å². The van der Waals surface area contributed by atoms with E-state index in [1.165, 1.54) is 11.3 Å². The standard InChI is InChI=1S/C29H30N4O2/c1-31-16-21(19-9-5-6-10-22(19)31)26-27(29(35)30-28(26)34)25-20-15-18(17-33(2,3)4)12-13-23(20)32-14-8-7-11-24(25)32/h5-11,14,16,18H,12-13,15,17H2,1-4H3/p+1. The van der Waals surface area contributed by atoms with Gasteiger partial charge in [0.15, 0.2) is 0 Å². The van der Waals surface area contributed by atoms with Crippen molar-refractivity contribution in [2.75, 3.05) is 27.7 Å². The van der Waals surface area contributed by atoms with E-state index in [0.717, 1.165) is 57.8 Å². The number of pyridine rings is 1. The maximum atomic E-state index is 13.4. The van der Waals surface area contributed by atoms with Crippen molar-refractivity contribution in [3.05, 3.63) is 77.2 Å². The van der Waals surface area contributed by atoms with E-state index >= 15 is 0 Å². The number of amides is 2. The summed E-state index contributed by atoms with van der Waals surface area (Å²) in [6.07, 6.45) is 7.07. The van der Waals surface area contributed by atoms with Crippen LogP contribution in [0.3, 0.4) is 0 Å². The molecular weight excluding hydrogens is 436 g/mol. The summed E-state index contributed by atoms with van der Waals surface area (Å²) in [6.45, 7) is 1.07. The number of para-hydroxylation sites is 1. The minimum Gasteiger partial charge on any atom is -0.350 e. The summed E-state index contributed by atoms with van der Waals surface area (Å²) in [4.78, 5) is 26.7. The van der Waals surface area contributed by atoms with E-state index in [4.69, 9.17) is 0 Å². The summed E-state index contributed by atoms with van der Waals surface area (Å²) in [5, 5.41) is 3.60. The molecule has 1 aliphatic heterocycles. The smallest absolute Gasteiger partial charge is 0.259 e. The van der Waals surface area contributed by atoms with Crippen LogP contribution in [0, 0.1) is 5.92 Å². The van der Waals surface area contributed by atoms with Crippen molar-refractivity contribution in [3.63, 3.8) is 0 Å². The fourth-order valence-corrected chi connectivity index (χ4v) is 6.25. The zero-order valence-electron chi connectivity index (χ0n) is 20.8. The van der Waals surface area contributed by atoms with Gasteiger partial charge in [-0.3, -0.25) is 14.9 Å². The number of nitrogens with one attached hydrogen (secondary N) is 1. The highest BCUT2D eigenvalue weighted by atomic mass is 16.2. The molecule has 4 aromatic rings. The average Bonchev–Trinajstić information content (AvgIpc) is 3.41. The van der Waals surface area contributed by atoms with Crippen molar-refractivity contribution in [3.8, 4) is 0 Å². The Morgan fingerprint density at radius 3 is 2.49 bits per heavy atom. The van der Waals surface area contributed by atoms with Crippen LogP contribution >= 0.6 is 0 Å². The van der Waals surface area contributed by atoms with Gasteiger partial charge in [-0.1, -0.05) is 24.3 Å². The van der Waals surface area contributed by atoms with Crippen molar-refractivity contribution in [2.24, 2.45) is 13.0 Å². The van der Waals surface area contributed by atoms with Crippen molar-refractivity contribution in [1.29, 1.82) is 0 Å². The van der Waals surface area contributed by atoms with E-state index in [0.29, 0.717) is 17.1 Å². The van der Waals surface area contributed by atoms with Crippen LogP contribution in [-0.4, -0.2) is 53.0 Å². The Balaban J connectivity index is 1.63. The van der Waals surface area contributed by atoms with Crippen molar-refractivity contribution in [1.82, 2.24) is 14.3 Å². The van der Waals surface area contributed by atoms with Crippen LogP contribution in [0.1, 0.15) is 28.8 Å². The fraction of sp³-hybridized carbons (Fsp3) is 0.310. The predicted octanol–water partition coefficient (Wildman–Crippen LogP) is 3.81. The van der Waals surface area contributed by atoms with Gasteiger partial charge in [-0.15, -0.1) is 0 Å². The van der Waals surface area contributed by atoms with E-state index in [1.807, 2.05) is 54.2 Å². The van der Waals surface area contributed by atoms with Gasteiger partial charge in [0.05, 0.1) is 44.4 Å². The molecule has 1 aliphatic carbocycles. The summed E-state index contributed by atoms with van der Waals surface area (Å²) in [5.41, 5.74) is 7.27. The van der Waals surface area contributed by atoms with Crippen LogP contribution in [0.25, 0.3) is 27.6 Å². The number of fused-ring (bicyclic) bond motifs is 4. The van der Waals surface area contributed by atoms with Crippen LogP contribution in [-0.2, 0) is 29.5 Å². The van der Waals surface area contributed by atoms with Crippen LogP contribution in [0.4, 0.5) is 0 Å². The molecule has 0 bridgehead atoms. The van der Waals surface area contributed by atoms with Gasteiger partial charge in [0.2, 0.25) is 0 Å². The molecule has 1 atom stereocenters. The van der Waals surface area contributed by atoms with Gasteiger partial charge in [-0.2, -0.15) is 0 Å². The molecule has 0 spiro atoms. The molecule has 6 heteroatoms. The predicted molar refractivity (Wildman–Crippen MR) is 139 cm³/mol. The largest absolute Gasteiger partial charge is 0.350 e. The minimum absolute atomic E-state index is 0.300. The van der Waals surface area contributed by atoms with Crippen molar-refractivity contribution in [2.45, 2.75) is 19.3 Å². The second-order valence-corrected chi connectivity index (χ2v) is 11.0. The molecule has 0 fully saturated rings. The van der Waals surface area contributed by atoms with Crippen LogP contribution in [0.15, 0.2) is 54.9 Å². The highest BCUT2D eigenvalue weighted by molar-refractivity contribution is 6.50. The molecule has 6 rings (SSSR count). The lowest BCUT2D eigenvalue weighted by molar-refractivity contribution is -0.874. The number of benzene rings is 1. The van der Waals surface area contributed by atoms with Gasteiger partial charge in [-0.25, -0.2) is 0 Å². The van der Waals surface area contributed by atoms with Crippen LogP contribution in [0.2, 0.25) is 0 Å². The summed E-state index contributed by atoms with van der Waals surface area (Å²) in [5.74, 6) is -0.0876. The second-order valence-electron chi connectivity index (χ2n) is 11.0. The number of quaternary nitrogens is 1. The lowest BCUT2D eigenvalue weighted by Gasteiger charge is -2.31. The second kappa shape index (κ2) is 7.68. The summed E-state index contributed by atoms with van der Waals surface area (Å²) < 4.78 is 5.16.